The number of hydrogen-bond donors (Lipinski definition) is 4. The molecule has 314 valence electrons. The summed E-state index contributed by atoms with van der Waals surface area (Å²) in [6.45, 7) is 13.7. The molecule has 1 heterocycles. The average molecular weight is 816 g/mol. The molecule has 0 saturated heterocycles. The molecule has 0 unspecified atom stereocenters. The number of ether oxygens (including phenoxy) is 6. The number of nitrogens with zero attached hydrogens (tertiary/aromatic N) is 1. The van der Waals surface area contributed by atoms with Crippen molar-refractivity contribution >= 4 is 53.6 Å². The van der Waals surface area contributed by atoms with E-state index in [1.165, 1.54) is 68.6 Å². The van der Waals surface area contributed by atoms with Crippen LogP contribution < -0.4 is 20.7 Å². The van der Waals surface area contributed by atoms with Crippen LogP contribution in [-0.4, -0.2) is 85.1 Å². The summed E-state index contributed by atoms with van der Waals surface area (Å²) in [5, 5.41) is 16.2. The maximum Gasteiger partial charge on any atom is 0.511 e. The van der Waals surface area contributed by atoms with Gasteiger partial charge < -0.3 is 39.1 Å². The molecule has 4 N–H and O–H groups in total. The topological polar surface area (TPSA) is 231 Å². The predicted octanol–water partition coefficient (Wildman–Crippen LogP) is 6.64. The average Bonchev–Trinajstić information content (AvgIpc) is 4.00. The standard InChI is InChI=1S/C42H49N5O12/c1-9-26-20-31(37(49)45-28-14-12-27(13-15-28)36(43)47-40(52)55-19-18-34(48)59-42(5,6)7)30(21-33(26)54-8)29-16-17-32(38(50)44-22-25-10-11-25)46-35(29)39(51)57-24(4)58-41(53)56-23(2)3/h9,12-17,20-21,23-25H,1,10-11,18-19,22H2,2-8H3,(H,44,50)(H,45,49)(H2,43,47,52)/t24-/m0/s1. The van der Waals surface area contributed by atoms with Gasteiger partial charge in [0.1, 0.15) is 29.5 Å². The molecule has 0 aliphatic heterocycles. The summed E-state index contributed by atoms with van der Waals surface area (Å²) in [5.74, 6) is -2.41. The summed E-state index contributed by atoms with van der Waals surface area (Å²) < 4.78 is 31.2. The molecule has 1 fully saturated rings. The Balaban J connectivity index is 1.59. The highest BCUT2D eigenvalue weighted by atomic mass is 16.8. The van der Waals surface area contributed by atoms with Gasteiger partial charge in [-0.1, -0.05) is 12.7 Å². The first-order chi connectivity index (χ1) is 27.9. The van der Waals surface area contributed by atoms with Gasteiger partial charge in [0, 0.05) is 47.0 Å². The van der Waals surface area contributed by atoms with Gasteiger partial charge in [-0.15, -0.1) is 0 Å². The molecule has 17 heteroatoms. The Kier molecular flexibility index (Phi) is 15.3. The van der Waals surface area contributed by atoms with Gasteiger partial charge in [-0.2, -0.15) is 0 Å². The number of rotatable bonds is 16. The van der Waals surface area contributed by atoms with E-state index in [9.17, 15) is 28.8 Å². The number of hydrogen-bond acceptors (Lipinski definition) is 14. The van der Waals surface area contributed by atoms with Crippen molar-refractivity contribution in [3.8, 4) is 16.9 Å². The van der Waals surface area contributed by atoms with Crippen LogP contribution in [0.1, 0.15) is 103 Å². The zero-order valence-electron chi connectivity index (χ0n) is 34.0. The van der Waals surface area contributed by atoms with Crippen LogP contribution >= 0.6 is 0 Å². The first-order valence-corrected chi connectivity index (χ1v) is 18.8. The molecular formula is C42H49N5O12. The van der Waals surface area contributed by atoms with E-state index in [0.29, 0.717) is 29.5 Å². The first-order valence-electron chi connectivity index (χ1n) is 18.8. The number of amides is 3. The van der Waals surface area contributed by atoms with E-state index in [0.717, 1.165) is 12.8 Å². The van der Waals surface area contributed by atoms with Crippen molar-refractivity contribution in [3.05, 3.63) is 83.2 Å². The molecule has 0 spiro atoms. The van der Waals surface area contributed by atoms with Crippen LogP contribution in [0.2, 0.25) is 0 Å². The predicted molar refractivity (Wildman–Crippen MR) is 215 cm³/mol. The highest BCUT2D eigenvalue weighted by molar-refractivity contribution is 6.11. The van der Waals surface area contributed by atoms with Crippen molar-refractivity contribution < 1.29 is 57.2 Å². The Bertz CT molecular complexity index is 2090. The highest BCUT2D eigenvalue weighted by Crippen LogP contribution is 2.35. The Morgan fingerprint density at radius 2 is 1.63 bits per heavy atom. The second kappa shape index (κ2) is 20.1. The van der Waals surface area contributed by atoms with Gasteiger partial charge >= 0.3 is 24.2 Å². The van der Waals surface area contributed by atoms with E-state index in [1.807, 2.05) is 0 Å². The quantitative estimate of drug-likeness (QED) is 0.0391. The fraction of sp³-hybridized carbons (Fsp3) is 0.381. The normalized spacial score (nSPS) is 12.6. The molecule has 4 rings (SSSR count). The van der Waals surface area contributed by atoms with Crippen molar-refractivity contribution in [1.29, 1.82) is 5.41 Å². The van der Waals surface area contributed by atoms with Gasteiger partial charge in [0.25, 0.3) is 11.8 Å². The Morgan fingerprint density at radius 1 is 0.932 bits per heavy atom. The lowest BCUT2D eigenvalue weighted by Gasteiger charge is -2.19. The van der Waals surface area contributed by atoms with Gasteiger partial charge in [0.2, 0.25) is 6.29 Å². The zero-order valence-corrected chi connectivity index (χ0v) is 34.0. The van der Waals surface area contributed by atoms with Crippen molar-refractivity contribution in [2.24, 2.45) is 5.92 Å². The van der Waals surface area contributed by atoms with Crippen molar-refractivity contribution in [3.63, 3.8) is 0 Å². The molecule has 59 heavy (non-hydrogen) atoms. The number of alkyl carbamates (subject to hydrolysis) is 1. The van der Waals surface area contributed by atoms with E-state index >= 15 is 0 Å². The highest BCUT2D eigenvalue weighted by Gasteiger charge is 2.28. The maximum absolute atomic E-state index is 14.1. The number of benzene rings is 2. The van der Waals surface area contributed by atoms with Gasteiger partial charge in [-0.25, -0.2) is 19.4 Å². The molecular weight excluding hydrogens is 766 g/mol. The van der Waals surface area contributed by atoms with E-state index in [1.54, 1.807) is 34.6 Å². The number of nitrogens with one attached hydrogen (secondary N) is 4. The number of methoxy groups -OCH3 is 1. The third-order valence-corrected chi connectivity index (χ3v) is 8.18. The molecule has 1 aliphatic rings. The Labute approximate surface area is 341 Å². The van der Waals surface area contributed by atoms with Crippen LogP contribution in [0.4, 0.5) is 15.3 Å². The van der Waals surface area contributed by atoms with Crippen LogP contribution in [0.15, 0.2) is 55.1 Å². The molecule has 2 aromatic carbocycles. The number of amidine groups is 1. The monoisotopic (exact) mass is 815 g/mol. The number of esters is 2. The number of anilines is 1. The van der Waals surface area contributed by atoms with Gasteiger partial charge in [0.05, 0.1) is 19.6 Å². The van der Waals surface area contributed by atoms with Crippen LogP contribution in [0.25, 0.3) is 17.2 Å². The minimum atomic E-state index is -1.43. The van der Waals surface area contributed by atoms with Crippen LogP contribution in [-0.2, 0) is 28.5 Å². The molecule has 1 aliphatic carbocycles. The Morgan fingerprint density at radius 3 is 2.24 bits per heavy atom. The molecule has 1 saturated carbocycles. The number of carbonyl (C=O) groups is 6. The lowest BCUT2D eigenvalue weighted by molar-refractivity contribution is -0.155. The third-order valence-electron chi connectivity index (χ3n) is 8.18. The van der Waals surface area contributed by atoms with Crippen LogP contribution in [0, 0.1) is 11.3 Å². The van der Waals surface area contributed by atoms with Crippen molar-refractivity contribution in [2.75, 3.05) is 25.6 Å². The van der Waals surface area contributed by atoms with E-state index in [-0.39, 0.29) is 52.5 Å². The van der Waals surface area contributed by atoms with Crippen molar-refractivity contribution in [2.45, 2.75) is 78.8 Å². The molecule has 17 nitrogen and oxygen atoms in total. The van der Waals surface area contributed by atoms with Crippen molar-refractivity contribution in [1.82, 2.24) is 15.6 Å². The summed E-state index contributed by atoms with van der Waals surface area (Å²) in [4.78, 5) is 81.5. The lowest BCUT2D eigenvalue weighted by atomic mass is 9.94. The SMILES string of the molecule is C=Cc1cc(C(=O)Nc2ccc(C(=N)NC(=O)OCCC(=O)OC(C)(C)C)cc2)c(-c2ccc(C(=O)NCC3CC3)nc2C(=O)O[C@H](C)OC(=O)OC(C)C)cc1OC. The molecule has 3 aromatic rings. The minimum Gasteiger partial charge on any atom is -0.496 e. The summed E-state index contributed by atoms with van der Waals surface area (Å²) in [7, 11) is 1.42. The fourth-order valence-corrected chi connectivity index (χ4v) is 5.29. The number of carbonyl (C=O) groups excluding carboxylic acids is 6. The molecule has 3 amide bonds. The molecule has 1 aromatic heterocycles. The van der Waals surface area contributed by atoms with Gasteiger partial charge in [-0.05, 0) is 102 Å². The first kappa shape index (κ1) is 44.9. The third kappa shape index (κ3) is 13.7. The Hall–Kier alpha value is -6.78. The van der Waals surface area contributed by atoms with E-state index in [4.69, 9.17) is 33.8 Å². The zero-order chi connectivity index (χ0) is 43.4. The summed E-state index contributed by atoms with van der Waals surface area (Å²) in [6.07, 6.45) is -0.622. The number of pyridine rings is 1. The largest absolute Gasteiger partial charge is 0.511 e. The summed E-state index contributed by atoms with van der Waals surface area (Å²) in [6, 6.07) is 11.8. The van der Waals surface area contributed by atoms with Crippen LogP contribution in [0.5, 0.6) is 5.75 Å². The maximum atomic E-state index is 14.1. The van der Waals surface area contributed by atoms with E-state index < -0.39 is 54.0 Å². The lowest BCUT2D eigenvalue weighted by Crippen LogP contribution is -2.32. The number of aromatic nitrogens is 1. The summed E-state index contributed by atoms with van der Waals surface area (Å²) in [5.41, 5.74) is 0.159. The fourth-order valence-electron chi connectivity index (χ4n) is 5.29. The minimum absolute atomic E-state index is 0.0416. The summed E-state index contributed by atoms with van der Waals surface area (Å²) >= 11 is 0. The molecule has 0 bridgehead atoms. The van der Waals surface area contributed by atoms with E-state index in [2.05, 4.69) is 27.5 Å². The second-order valence-corrected chi connectivity index (χ2v) is 14.6. The molecule has 1 atom stereocenters. The smallest absolute Gasteiger partial charge is 0.496 e. The molecule has 0 radical (unpaired) electrons. The van der Waals surface area contributed by atoms with Crippen LogP contribution in [0.3, 0.4) is 0 Å². The van der Waals surface area contributed by atoms with Gasteiger partial charge in [0.15, 0.2) is 5.69 Å². The second-order valence-electron chi connectivity index (χ2n) is 14.6. The van der Waals surface area contributed by atoms with Gasteiger partial charge in [-0.3, -0.25) is 25.1 Å².